The van der Waals surface area contributed by atoms with E-state index in [0.29, 0.717) is 5.82 Å². The van der Waals surface area contributed by atoms with Gasteiger partial charge >= 0.3 is 0 Å². The Morgan fingerprint density at radius 2 is 2.00 bits per heavy atom. The van der Waals surface area contributed by atoms with Crippen molar-refractivity contribution in [2.75, 3.05) is 30.5 Å². The summed E-state index contributed by atoms with van der Waals surface area (Å²) >= 11 is 0. The highest BCUT2D eigenvalue weighted by molar-refractivity contribution is 5.62. The predicted molar refractivity (Wildman–Crippen MR) is 45.2 cm³/mol. The van der Waals surface area contributed by atoms with E-state index in [-0.39, 0.29) is 5.95 Å². The molecule has 1 heterocycles. The van der Waals surface area contributed by atoms with Crippen molar-refractivity contribution in [1.82, 2.24) is 9.97 Å². The molecular formula is C6H11N5. The summed E-state index contributed by atoms with van der Waals surface area (Å²) < 4.78 is 0. The van der Waals surface area contributed by atoms with E-state index in [9.17, 15) is 0 Å². The smallest absolute Gasteiger partial charge is 0.222 e. The first-order valence-electron chi connectivity index (χ1n) is 3.16. The highest BCUT2D eigenvalue weighted by Crippen LogP contribution is 2.16. The molecule has 0 saturated heterocycles. The summed E-state index contributed by atoms with van der Waals surface area (Å²) in [6.45, 7) is 0. The number of aromatic nitrogens is 2. The number of hydrogen-bond acceptors (Lipinski definition) is 5. The van der Waals surface area contributed by atoms with Crippen LogP contribution in [0.1, 0.15) is 0 Å². The molecule has 11 heavy (non-hydrogen) atoms. The number of hydrogen-bond donors (Lipinski definition) is 2. The van der Waals surface area contributed by atoms with E-state index >= 15 is 0 Å². The number of rotatable bonds is 1. The molecule has 0 fully saturated rings. The van der Waals surface area contributed by atoms with Crippen molar-refractivity contribution in [3.63, 3.8) is 0 Å². The molecule has 1 aromatic rings. The van der Waals surface area contributed by atoms with E-state index in [1.54, 1.807) is 6.20 Å². The second-order valence-corrected chi connectivity index (χ2v) is 2.39. The maximum atomic E-state index is 5.55. The van der Waals surface area contributed by atoms with Gasteiger partial charge in [-0.2, -0.15) is 4.98 Å². The average molecular weight is 153 g/mol. The van der Waals surface area contributed by atoms with E-state index in [2.05, 4.69) is 9.97 Å². The molecule has 0 saturated carbocycles. The summed E-state index contributed by atoms with van der Waals surface area (Å²) in [5, 5.41) is 0. The van der Waals surface area contributed by atoms with Crippen LogP contribution in [0.4, 0.5) is 17.5 Å². The topological polar surface area (TPSA) is 81.1 Å². The van der Waals surface area contributed by atoms with Gasteiger partial charge in [-0.3, -0.25) is 0 Å². The van der Waals surface area contributed by atoms with Crippen LogP contribution in [-0.2, 0) is 0 Å². The van der Waals surface area contributed by atoms with Crippen LogP contribution in [0.25, 0.3) is 0 Å². The molecule has 0 amide bonds. The minimum Gasteiger partial charge on any atom is -0.382 e. The maximum absolute atomic E-state index is 5.55. The molecule has 5 nitrogen and oxygen atoms in total. The van der Waals surface area contributed by atoms with E-state index in [0.717, 1.165) is 5.69 Å². The third kappa shape index (κ3) is 1.49. The minimum absolute atomic E-state index is 0.202. The number of anilines is 3. The van der Waals surface area contributed by atoms with Gasteiger partial charge in [-0.25, -0.2) is 4.98 Å². The van der Waals surface area contributed by atoms with Crippen molar-refractivity contribution in [1.29, 1.82) is 0 Å². The van der Waals surface area contributed by atoms with Crippen molar-refractivity contribution in [3.8, 4) is 0 Å². The molecule has 0 atom stereocenters. The molecule has 0 spiro atoms. The molecule has 1 rings (SSSR count). The van der Waals surface area contributed by atoms with E-state index < -0.39 is 0 Å². The van der Waals surface area contributed by atoms with Crippen LogP contribution in [0.5, 0.6) is 0 Å². The zero-order chi connectivity index (χ0) is 8.43. The molecule has 0 unspecified atom stereocenters. The summed E-state index contributed by atoms with van der Waals surface area (Å²) in [6, 6.07) is 0. The molecular weight excluding hydrogens is 142 g/mol. The molecule has 4 N–H and O–H groups in total. The molecule has 0 aliphatic carbocycles. The average Bonchev–Trinajstić information content (AvgIpc) is 1.85. The van der Waals surface area contributed by atoms with Gasteiger partial charge in [0.2, 0.25) is 5.95 Å². The van der Waals surface area contributed by atoms with Crippen LogP contribution in [0.2, 0.25) is 0 Å². The summed E-state index contributed by atoms with van der Waals surface area (Å²) in [5.41, 5.74) is 11.6. The summed E-state index contributed by atoms with van der Waals surface area (Å²) in [7, 11) is 3.73. The third-order valence-electron chi connectivity index (χ3n) is 1.30. The summed E-state index contributed by atoms with van der Waals surface area (Å²) in [6.07, 6.45) is 1.59. The number of nitrogens with zero attached hydrogens (tertiary/aromatic N) is 3. The maximum Gasteiger partial charge on any atom is 0.222 e. The van der Waals surface area contributed by atoms with Gasteiger partial charge in [0.15, 0.2) is 5.82 Å². The Bertz CT molecular complexity index is 257. The second kappa shape index (κ2) is 2.61. The fraction of sp³-hybridized carbons (Fsp3) is 0.333. The normalized spacial score (nSPS) is 9.64. The van der Waals surface area contributed by atoms with Gasteiger partial charge in [0.05, 0.1) is 11.9 Å². The predicted octanol–water partition coefficient (Wildman–Crippen LogP) is -0.293. The lowest BCUT2D eigenvalue weighted by atomic mass is 10.4. The SMILES string of the molecule is CN(C)c1cnc(N)nc1N. The molecule has 5 heteroatoms. The summed E-state index contributed by atoms with van der Waals surface area (Å²) in [4.78, 5) is 9.43. The lowest BCUT2D eigenvalue weighted by molar-refractivity contribution is 1.08. The lowest BCUT2D eigenvalue weighted by Gasteiger charge is -2.12. The largest absolute Gasteiger partial charge is 0.382 e. The van der Waals surface area contributed by atoms with Crippen molar-refractivity contribution < 1.29 is 0 Å². The second-order valence-electron chi connectivity index (χ2n) is 2.39. The van der Waals surface area contributed by atoms with Crippen molar-refractivity contribution in [2.24, 2.45) is 0 Å². The van der Waals surface area contributed by atoms with E-state index in [4.69, 9.17) is 11.5 Å². The Morgan fingerprint density at radius 1 is 1.36 bits per heavy atom. The van der Waals surface area contributed by atoms with Gasteiger partial charge in [-0.1, -0.05) is 0 Å². The van der Waals surface area contributed by atoms with Crippen LogP contribution in [0.15, 0.2) is 6.20 Å². The Balaban J connectivity index is 3.09. The van der Waals surface area contributed by atoms with Crippen LogP contribution in [0.3, 0.4) is 0 Å². The van der Waals surface area contributed by atoms with Crippen molar-refractivity contribution in [2.45, 2.75) is 0 Å². The highest BCUT2D eigenvalue weighted by atomic mass is 15.1. The van der Waals surface area contributed by atoms with Gasteiger partial charge in [0.1, 0.15) is 0 Å². The Kier molecular flexibility index (Phi) is 1.80. The van der Waals surface area contributed by atoms with Gasteiger partial charge in [0, 0.05) is 14.1 Å². The fourth-order valence-electron chi connectivity index (χ4n) is 0.748. The van der Waals surface area contributed by atoms with Gasteiger partial charge < -0.3 is 16.4 Å². The Hall–Kier alpha value is -1.52. The van der Waals surface area contributed by atoms with Crippen LogP contribution < -0.4 is 16.4 Å². The summed E-state index contributed by atoms with van der Waals surface area (Å²) in [5.74, 6) is 0.607. The first-order valence-corrected chi connectivity index (χ1v) is 3.16. The van der Waals surface area contributed by atoms with Crippen LogP contribution >= 0.6 is 0 Å². The first-order chi connectivity index (χ1) is 5.11. The Morgan fingerprint density at radius 3 is 2.45 bits per heavy atom. The van der Waals surface area contributed by atoms with E-state index in [1.807, 2.05) is 19.0 Å². The monoisotopic (exact) mass is 153 g/mol. The van der Waals surface area contributed by atoms with Crippen molar-refractivity contribution >= 4 is 17.5 Å². The third-order valence-corrected chi connectivity index (χ3v) is 1.30. The van der Waals surface area contributed by atoms with Crippen molar-refractivity contribution in [3.05, 3.63) is 6.20 Å². The lowest BCUT2D eigenvalue weighted by Crippen LogP contribution is -2.13. The quantitative estimate of drug-likeness (QED) is 0.579. The van der Waals surface area contributed by atoms with Gasteiger partial charge in [-0.05, 0) is 0 Å². The van der Waals surface area contributed by atoms with Crippen LogP contribution in [-0.4, -0.2) is 24.1 Å². The van der Waals surface area contributed by atoms with E-state index in [1.165, 1.54) is 0 Å². The molecule has 60 valence electrons. The van der Waals surface area contributed by atoms with Gasteiger partial charge in [0.25, 0.3) is 0 Å². The number of nitrogen functional groups attached to an aromatic ring is 2. The van der Waals surface area contributed by atoms with Gasteiger partial charge in [-0.15, -0.1) is 0 Å². The standard InChI is InChI=1S/C6H11N5/c1-11(2)4-3-9-6(8)10-5(4)7/h3H,1-2H3,(H4,7,8,9,10). The van der Waals surface area contributed by atoms with Crippen LogP contribution in [0, 0.1) is 0 Å². The molecule has 0 aromatic carbocycles. The molecule has 0 bridgehead atoms. The Labute approximate surface area is 65.0 Å². The fourth-order valence-corrected chi connectivity index (χ4v) is 0.748. The molecule has 0 radical (unpaired) electrons. The molecule has 1 aromatic heterocycles. The minimum atomic E-state index is 0.202. The first kappa shape index (κ1) is 7.59. The zero-order valence-electron chi connectivity index (χ0n) is 6.57. The molecule has 0 aliphatic heterocycles. The molecule has 0 aliphatic rings. The highest BCUT2D eigenvalue weighted by Gasteiger charge is 2.02. The zero-order valence-corrected chi connectivity index (χ0v) is 6.57. The number of nitrogens with two attached hydrogens (primary N) is 2.